The summed E-state index contributed by atoms with van der Waals surface area (Å²) in [5, 5.41) is 3.99. The van der Waals surface area contributed by atoms with Gasteiger partial charge in [0.15, 0.2) is 0 Å². The second-order valence-electron chi connectivity index (χ2n) is 5.78. The molecule has 0 aliphatic rings. The number of carbonyl (C=O) groups excluding carboxylic acids is 1. The van der Waals surface area contributed by atoms with Gasteiger partial charge < -0.3 is 10.2 Å². The number of thiazole rings is 1. The van der Waals surface area contributed by atoms with Crippen molar-refractivity contribution in [3.8, 4) is 0 Å². The lowest BCUT2D eigenvalue weighted by atomic mass is 10.1. The lowest BCUT2D eigenvalue weighted by molar-refractivity contribution is 0.207. The quantitative estimate of drug-likeness (QED) is 0.755. The number of nitrogens with zero attached hydrogens (tertiary/aromatic N) is 4. The number of benzene rings is 1. The van der Waals surface area contributed by atoms with E-state index in [1.165, 1.54) is 0 Å². The van der Waals surface area contributed by atoms with Gasteiger partial charge in [-0.1, -0.05) is 6.07 Å². The monoisotopic (exact) mass is 361 g/mol. The molecule has 2 heterocycles. The Morgan fingerprint density at radius 1 is 1.25 bits per heavy atom. The van der Waals surface area contributed by atoms with Crippen LogP contribution in [0.1, 0.15) is 34.1 Å². The molecule has 3 aromatic rings. The molecule has 126 valence electrons. The molecular weight excluding hydrogens is 342 g/mol. The summed E-state index contributed by atoms with van der Waals surface area (Å²) in [5.41, 5.74) is 4.15. The van der Waals surface area contributed by atoms with E-state index in [1.807, 2.05) is 39.8 Å². The number of urea groups is 1. The Balaban J connectivity index is 1.84. The summed E-state index contributed by atoms with van der Waals surface area (Å²) in [6.07, 6.45) is 0. The predicted molar refractivity (Wildman–Crippen MR) is 98.9 cm³/mol. The highest BCUT2D eigenvalue weighted by Gasteiger charge is 2.23. The molecule has 1 aromatic carbocycles. The number of amides is 2. The molecule has 2 amide bonds. The molecule has 0 fully saturated rings. The lowest BCUT2D eigenvalue weighted by Gasteiger charge is -2.25. The normalized spacial score (nSPS) is 12.4. The summed E-state index contributed by atoms with van der Waals surface area (Å²) in [4.78, 5) is 20.1. The van der Waals surface area contributed by atoms with Crippen molar-refractivity contribution in [1.29, 1.82) is 0 Å². The van der Waals surface area contributed by atoms with Crippen LogP contribution in [0.2, 0.25) is 0 Å². The highest BCUT2D eigenvalue weighted by Crippen LogP contribution is 2.29. The zero-order valence-electron chi connectivity index (χ0n) is 14.2. The van der Waals surface area contributed by atoms with Gasteiger partial charge in [-0.05, 0) is 39.3 Å². The van der Waals surface area contributed by atoms with Crippen LogP contribution >= 0.6 is 23.1 Å². The molecule has 1 atom stereocenters. The van der Waals surface area contributed by atoms with E-state index >= 15 is 0 Å². The van der Waals surface area contributed by atoms with Crippen LogP contribution in [0.15, 0.2) is 12.1 Å². The first-order valence-corrected chi connectivity index (χ1v) is 9.12. The van der Waals surface area contributed by atoms with Gasteiger partial charge in [-0.2, -0.15) is 8.75 Å². The summed E-state index contributed by atoms with van der Waals surface area (Å²) in [5.74, 6) is 0. The Labute approximate surface area is 148 Å². The van der Waals surface area contributed by atoms with E-state index in [0.717, 1.165) is 49.6 Å². The SMILES string of the molecule is Cc1nc([C@@H](C)N(C)C(=O)Nc2c(C)ccc3nsnc23)c(C)s1. The highest BCUT2D eigenvalue weighted by atomic mass is 32.1. The standard InChI is InChI=1S/C16H19N5OS2/c1-8-6-7-12-15(20-24-19-12)13(8)18-16(22)21(5)9(2)14-10(3)23-11(4)17-14/h6-7,9H,1-5H3,(H,18,22)/t9-/m1/s1. The van der Waals surface area contributed by atoms with Crippen LogP contribution < -0.4 is 5.32 Å². The number of hydrogen-bond donors (Lipinski definition) is 1. The number of fused-ring (bicyclic) bond motifs is 1. The highest BCUT2D eigenvalue weighted by molar-refractivity contribution is 7.11. The van der Waals surface area contributed by atoms with E-state index in [0.29, 0.717) is 0 Å². The Morgan fingerprint density at radius 3 is 2.67 bits per heavy atom. The Bertz CT molecular complexity index is 901. The van der Waals surface area contributed by atoms with Gasteiger partial charge in [0, 0.05) is 11.9 Å². The molecule has 8 heteroatoms. The third kappa shape index (κ3) is 2.99. The van der Waals surface area contributed by atoms with Crippen LogP contribution in [0.4, 0.5) is 10.5 Å². The van der Waals surface area contributed by atoms with Crippen molar-refractivity contribution in [3.63, 3.8) is 0 Å². The van der Waals surface area contributed by atoms with Crippen LogP contribution in [0.3, 0.4) is 0 Å². The van der Waals surface area contributed by atoms with E-state index < -0.39 is 0 Å². The van der Waals surface area contributed by atoms with Gasteiger partial charge in [0.05, 0.1) is 34.2 Å². The lowest BCUT2D eigenvalue weighted by Crippen LogP contribution is -2.34. The Morgan fingerprint density at radius 2 is 2.00 bits per heavy atom. The summed E-state index contributed by atoms with van der Waals surface area (Å²) >= 11 is 2.80. The number of carbonyl (C=O) groups is 1. The number of nitrogens with one attached hydrogen (secondary N) is 1. The molecule has 0 unspecified atom stereocenters. The van der Waals surface area contributed by atoms with Crippen molar-refractivity contribution >= 4 is 45.8 Å². The third-order valence-corrected chi connectivity index (χ3v) is 5.55. The second-order valence-corrected chi connectivity index (χ2v) is 7.72. The number of hydrogen-bond acceptors (Lipinski definition) is 6. The number of aromatic nitrogens is 3. The fourth-order valence-electron chi connectivity index (χ4n) is 2.60. The molecule has 24 heavy (non-hydrogen) atoms. The maximum atomic E-state index is 12.7. The zero-order chi connectivity index (χ0) is 17.4. The fourth-order valence-corrected chi connectivity index (χ4v) is 4.05. The first kappa shape index (κ1) is 16.8. The van der Waals surface area contributed by atoms with E-state index in [2.05, 4.69) is 19.0 Å². The molecule has 0 spiro atoms. The molecule has 1 N–H and O–H groups in total. The van der Waals surface area contributed by atoms with Crippen molar-refractivity contribution in [2.45, 2.75) is 33.7 Å². The first-order valence-electron chi connectivity index (χ1n) is 7.58. The van der Waals surface area contributed by atoms with Gasteiger partial charge >= 0.3 is 6.03 Å². The smallest absolute Gasteiger partial charge is 0.319 e. The van der Waals surface area contributed by atoms with Crippen molar-refractivity contribution < 1.29 is 4.79 Å². The average Bonchev–Trinajstić information content (AvgIpc) is 3.14. The molecule has 3 rings (SSSR count). The van der Waals surface area contributed by atoms with Crippen molar-refractivity contribution in [1.82, 2.24) is 18.6 Å². The summed E-state index contributed by atoms with van der Waals surface area (Å²) in [6, 6.07) is 3.56. The minimum atomic E-state index is -0.184. The van der Waals surface area contributed by atoms with Crippen molar-refractivity contribution in [2.75, 3.05) is 12.4 Å². The predicted octanol–water partition coefficient (Wildman–Crippen LogP) is 4.30. The second kappa shape index (κ2) is 6.45. The van der Waals surface area contributed by atoms with Crippen molar-refractivity contribution in [3.05, 3.63) is 33.3 Å². The molecule has 0 aliphatic heterocycles. The van der Waals surface area contributed by atoms with Crippen LogP contribution in [-0.4, -0.2) is 31.7 Å². The molecule has 6 nitrogen and oxygen atoms in total. The van der Waals surface area contributed by atoms with Crippen LogP contribution in [0.25, 0.3) is 11.0 Å². The molecular formula is C16H19N5OS2. The van der Waals surface area contributed by atoms with E-state index in [-0.39, 0.29) is 12.1 Å². The zero-order valence-corrected chi connectivity index (χ0v) is 15.9. The molecule has 0 aliphatic carbocycles. The Hall–Kier alpha value is -2.06. The minimum absolute atomic E-state index is 0.108. The fraction of sp³-hybridized carbons (Fsp3) is 0.375. The van der Waals surface area contributed by atoms with Crippen LogP contribution in [-0.2, 0) is 0 Å². The molecule has 0 saturated carbocycles. The van der Waals surface area contributed by atoms with E-state index in [4.69, 9.17) is 0 Å². The maximum Gasteiger partial charge on any atom is 0.322 e. The topological polar surface area (TPSA) is 71.0 Å². The van der Waals surface area contributed by atoms with E-state index in [9.17, 15) is 4.79 Å². The van der Waals surface area contributed by atoms with Gasteiger partial charge in [-0.3, -0.25) is 0 Å². The third-order valence-electron chi connectivity index (χ3n) is 4.10. The maximum absolute atomic E-state index is 12.7. The molecule has 0 bridgehead atoms. The Kier molecular flexibility index (Phi) is 4.51. The van der Waals surface area contributed by atoms with E-state index in [1.54, 1.807) is 23.3 Å². The number of rotatable bonds is 3. The summed E-state index contributed by atoms with van der Waals surface area (Å²) in [7, 11) is 1.78. The summed E-state index contributed by atoms with van der Waals surface area (Å²) < 4.78 is 8.53. The van der Waals surface area contributed by atoms with Gasteiger partial charge in [0.1, 0.15) is 11.0 Å². The van der Waals surface area contributed by atoms with Gasteiger partial charge in [-0.25, -0.2) is 9.78 Å². The van der Waals surface area contributed by atoms with Crippen LogP contribution in [0, 0.1) is 20.8 Å². The largest absolute Gasteiger partial charge is 0.322 e. The number of anilines is 1. The average molecular weight is 361 g/mol. The first-order chi connectivity index (χ1) is 11.4. The molecule has 0 saturated heterocycles. The van der Waals surface area contributed by atoms with Gasteiger partial charge in [0.2, 0.25) is 0 Å². The van der Waals surface area contributed by atoms with Crippen molar-refractivity contribution in [2.24, 2.45) is 0 Å². The summed E-state index contributed by atoms with van der Waals surface area (Å²) in [6.45, 7) is 7.95. The molecule has 2 aromatic heterocycles. The molecule has 0 radical (unpaired) electrons. The minimum Gasteiger partial charge on any atom is -0.319 e. The van der Waals surface area contributed by atoms with Gasteiger partial charge in [0.25, 0.3) is 0 Å². The number of aryl methyl sites for hydroxylation is 3. The van der Waals surface area contributed by atoms with Crippen LogP contribution in [0.5, 0.6) is 0 Å². The van der Waals surface area contributed by atoms with Gasteiger partial charge in [-0.15, -0.1) is 11.3 Å².